The van der Waals surface area contributed by atoms with Gasteiger partial charge in [-0.15, -0.1) is 0 Å². The van der Waals surface area contributed by atoms with Gasteiger partial charge in [0.25, 0.3) is 0 Å². The van der Waals surface area contributed by atoms with Crippen LogP contribution in [0.1, 0.15) is 52.1 Å². The predicted octanol–water partition coefficient (Wildman–Crippen LogP) is 4.17. The zero-order chi connectivity index (χ0) is 13.8. The van der Waals surface area contributed by atoms with Crippen LogP contribution in [0, 0.1) is 11.8 Å². The van der Waals surface area contributed by atoms with Crippen molar-refractivity contribution < 1.29 is 4.74 Å². The van der Waals surface area contributed by atoms with Crippen LogP contribution in [0.15, 0.2) is 24.3 Å². The molecule has 106 valence electrons. The van der Waals surface area contributed by atoms with E-state index in [1.54, 1.807) is 0 Å². The predicted molar refractivity (Wildman–Crippen MR) is 80.5 cm³/mol. The minimum atomic E-state index is 0.412. The molecule has 2 rings (SSSR count). The van der Waals surface area contributed by atoms with Crippen LogP contribution in [0.2, 0.25) is 0 Å². The molecule has 1 aliphatic rings. The molecule has 2 heteroatoms. The van der Waals surface area contributed by atoms with Crippen molar-refractivity contribution in [3.8, 4) is 5.75 Å². The van der Waals surface area contributed by atoms with E-state index in [-0.39, 0.29) is 0 Å². The van der Waals surface area contributed by atoms with E-state index in [9.17, 15) is 0 Å². The Labute approximate surface area is 117 Å². The van der Waals surface area contributed by atoms with Crippen molar-refractivity contribution in [1.29, 1.82) is 0 Å². The Balaban J connectivity index is 1.85. The second-order valence-corrected chi connectivity index (χ2v) is 6.29. The summed E-state index contributed by atoms with van der Waals surface area (Å²) in [5, 5.41) is 3.69. The second kappa shape index (κ2) is 6.42. The molecule has 2 unspecified atom stereocenters. The summed E-state index contributed by atoms with van der Waals surface area (Å²) in [5.41, 5.74) is 1.34. The Morgan fingerprint density at radius 3 is 2.26 bits per heavy atom. The van der Waals surface area contributed by atoms with Crippen molar-refractivity contribution in [3.63, 3.8) is 0 Å². The Morgan fingerprint density at radius 1 is 1.11 bits per heavy atom. The van der Waals surface area contributed by atoms with Crippen LogP contribution in [0.25, 0.3) is 0 Å². The minimum Gasteiger partial charge on any atom is -0.493 e. The van der Waals surface area contributed by atoms with E-state index < -0.39 is 0 Å². The number of hydrogen-bond acceptors (Lipinski definition) is 2. The molecule has 0 amide bonds. The zero-order valence-electron chi connectivity index (χ0n) is 12.6. The zero-order valence-corrected chi connectivity index (χ0v) is 12.6. The average molecular weight is 261 g/mol. The Bertz CT molecular complexity index is 381. The molecule has 0 radical (unpaired) electrons. The first-order chi connectivity index (χ1) is 9.06. The molecule has 1 N–H and O–H groups in total. The maximum absolute atomic E-state index is 5.71. The molecule has 0 heterocycles. The highest BCUT2D eigenvalue weighted by Crippen LogP contribution is 2.33. The summed E-state index contributed by atoms with van der Waals surface area (Å²) in [6.07, 6.45) is 2.78. The summed E-state index contributed by atoms with van der Waals surface area (Å²) in [7, 11) is 0. The van der Waals surface area contributed by atoms with Crippen molar-refractivity contribution in [2.24, 2.45) is 11.8 Å². The molecule has 1 aromatic carbocycles. The molecule has 2 nitrogen and oxygen atoms in total. The third kappa shape index (κ3) is 4.54. The van der Waals surface area contributed by atoms with Gasteiger partial charge in [-0.1, -0.05) is 26.0 Å². The number of benzene rings is 1. The topological polar surface area (TPSA) is 21.3 Å². The van der Waals surface area contributed by atoms with Gasteiger partial charge in [0, 0.05) is 12.1 Å². The molecule has 0 saturated heterocycles. The highest BCUT2D eigenvalue weighted by molar-refractivity contribution is 5.29. The summed E-state index contributed by atoms with van der Waals surface area (Å²) in [6.45, 7) is 9.66. The lowest BCUT2D eigenvalue weighted by atomic mass is 10.1. The van der Waals surface area contributed by atoms with E-state index in [0.29, 0.717) is 18.0 Å². The lowest BCUT2D eigenvalue weighted by Gasteiger charge is -2.20. The molecule has 2 atom stereocenters. The summed E-state index contributed by atoms with van der Waals surface area (Å²) in [4.78, 5) is 0. The van der Waals surface area contributed by atoms with Gasteiger partial charge in [-0.2, -0.15) is 0 Å². The fourth-order valence-corrected chi connectivity index (χ4v) is 2.34. The van der Waals surface area contributed by atoms with Crippen LogP contribution in [-0.4, -0.2) is 12.6 Å². The molecule has 0 aromatic heterocycles. The fraction of sp³-hybridized carbons (Fsp3) is 0.647. The number of rotatable bonds is 7. The lowest BCUT2D eigenvalue weighted by Crippen LogP contribution is -2.30. The van der Waals surface area contributed by atoms with Gasteiger partial charge in [-0.3, -0.25) is 0 Å². The molecule has 0 spiro atoms. The Hall–Kier alpha value is -1.02. The quantitative estimate of drug-likeness (QED) is 0.795. The van der Waals surface area contributed by atoms with Crippen molar-refractivity contribution in [2.75, 3.05) is 6.61 Å². The third-order valence-corrected chi connectivity index (χ3v) is 3.81. The molecule has 1 aliphatic carbocycles. The van der Waals surface area contributed by atoms with E-state index in [1.807, 2.05) is 0 Å². The van der Waals surface area contributed by atoms with Gasteiger partial charge in [0.1, 0.15) is 5.75 Å². The van der Waals surface area contributed by atoms with Gasteiger partial charge >= 0.3 is 0 Å². The number of nitrogens with one attached hydrogen (secondary N) is 1. The molecule has 1 aromatic rings. The normalized spacial score (nSPS) is 18.4. The van der Waals surface area contributed by atoms with Crippen molar-refractivity contribution in [2.45, 2.75) is 52.6 Å². The first kappa shape index (κ1) is 14.4. The molecular formula is C17H27NO. The molecular weight excluding hydrogens is 234 g/mol. The molecule has 1 fully saturated rings. The van der Waals surface area contributed by atoms with Crippen LogP contribution < -0.4 is 10.1 Å². The van der Waals surface area contributed by atoms with Gasteiger partial charge in [-0.25, -0.2) is 0 Å². The SMILES string of the molecule is CC(C)COc1ccc(C(C)NC(C)C2CC2)cc1. The molecule has 0 aliphatic heterocycles. The third-order valence-electron chi connectivity index (χ3n) is 3.81. The minimum absolute atomic E-state index is 0.412. The fourth-order valence-electron chi connectivity index (χ4n) is 2.34. The highest BCUT2D eigenvalue weighted by Gasteiger charge is 2.28. The maximum Gasteiger partial charge on any atom is 0.119 e. The van der Waals surface area contributed by atoms with Crippen molar-refractivity contribution in [1.82, 2.24) is 5.32 Å². The monoisotopic (exact) mass is 261 g/mol. The molecule has 1 saturated carbocycles. The lowest BCUT2D eigenvalue weighted by molar-refractivity contribution is 0.271. The second-order valence-electron chi connectivity index (χ2n) is 6.29. The van der Waals surface area contributed by atoms with Gasteiger partial charge in [-0.05, 0) is 56.2 Å². The van der Waals surface area contributed by atoms with E-state index in [0.717, 1.165) is 18.3 Å². The van der Waals surface area contributed by atoms with E-state index in [4.69, 9.17) is 4.74 Å². The first-order valence-electron chi connectivity index (χ1n) is 7.55. The van der Waals surface area contributed by atoms with Crippen LogP contribution in [0.5, 0.6) is 5.75 Å². The standard InChI is InChI=1S/C17H27NO/c1-12(2)11-19-17-9-7-16(8-10-17)14(4)18-13(3)15-5-6-15/h7-10,12-15,18H,5-6,11H2,1-4H3. The Kier molecular flexibility index (Phi) is 4.87. The number of ether oxygens (including phenoxy) is 1. The van der Waals surface area contributed by atoms with Crippen LogP contribution in [0.4, 0.5) is 0 Å². The summed E-state index contributed by atoms with van der Waals surface area (Å²) >= 11 is 0. The van der Waals surface area contributed by atoms with E-state index in [2.05, 4.69) is 57.3 Å². The van der Waals surface area contributed by atoms with Crippen molar-refractivity contribution in [3.05, 3.63) is 29.8 Å². The van der Waals surface area contributed by atoms with Crippen LogP contribution in [-0.2, 0) is 0 Å². The molecule has 0 bridgehead atoms. The largest absolute Gasteiger partial charge is 0.493 e. The summed E-state index contributed by atoms with van der Waals surface area (Å²) < 4.78 is 5.71. The van der Waals surface area contributed by atoms with E-state index >= 15 is 0 Å². The Morgan fingerprint density at radius 2 is 1.74 bits per heavy atom. The van der Waals surface area contributed by atoms with Crippen molar-refractivity contribution >= 4 is 0 Å². The van der Waals surface area contributed by atoms with Crippen LogP contribution in [0.3, 0.4) is 0 Å². The average Bonchev–Trinajstić information content (AvgIpc) is 3.21. The van der Waals surface area contributed by atoms with Gasteiger partial charge in [0.2, 0.25) is 0 Å². The smallest absolute Gasteiger partial charge is 0.119 e. The summed E-state index contributed by atoms with van der Waals surface area (Å²) in [6, 6.07) is 9.55. The maximum atomic E-state index is 5.71. The van der Waals surface area contributed by atoms with Gasteiger partial charge < -0.3 is 10.1 Å². The van der Waals surface area contributed by atoms with E-state index in [1.165, 1.54) is 18.4 Å². The molecule has 19 heavy (non-hydrogen) atoms. The first-order valence-corrected chi connectivity index (χ1v) is 7.55. The highest BCUT2D eigenvalue weighted by atomic mass is 16.5. The van der Waals surface area contributed by atoms with Gasteiger partial charge in [0.15, 0.2) is 0 Å². The van der Waals surface area contributed by atoms with Crippen LogP contribution >= 0.6 is 0 Å². The van der Waals surface area contributed by atoms with Gasteiger partial charge in [0.05, 0.1) is 6.61 Å². The summed E-state index contributed by atoms with van der Waals surface area (Å²) in [5.74, 6) is 2.44. The number of hydrogen-bond donors (Lipinski definition) is 1.